The number of morpholine rings is 1. The van der Waals surface area contributed by atoms with Crippen molar-refractivity contribution in [3.63, 3.8) is 0 Å². The first kappa shape index (κ1) is 18.4. The molecule has 2 aliphatic rings. The van der Waals surface area contributed by atoms with Gasteiger partial charge in [-0.15, -0.1) is 0 Å². The molecule has 0 bridgehead atoms. The highest BCUT2D eigenvalue weighted by Gasteiger charge is 2.28. The fraction of sp³-hybridized carbons (Fsp3) is 0.500. The largest absolute Gasteiger partial charge is 0.379 e. The summed E-state index contributed by atoms with van der Waals surface area (Å²) >= 11 is 1.54. The quantitative estimate of drug-likeness (QED) is 0.782. The highest BCUT2D eigenvalue weighted by molar-refractivity contribution is 8.13. The van der Waals surface area contributed by atoms with E-state index in [1.807, 2.05) is 6.92 Å². The Morgan fingerprint density at radius 2 is 1.88 bits per heavy atom. The van der Waals surface area contributed by atoms with E-state index in [2.05, 4.69) is 4.99 Å². The third-order valence-corrected chi connectivity index (χ3v) is 6.84. The van der Waals surface area contributed by atoms with Crippen LogP contribution in [-0.2, 0) is 14.8 Å². The third kappa shape index (κ3) is 3.89. The van der Waals surface area contributed by atoms with Gasteiger partial charge in [0.2, 0.25) is 10.0 Å². The minimum atomic E-state index is -3.54. The Kier molecular flexibility index (Phi) is 5.78. The van der Waals surface area contributed by atoms with E-state index >= 15 is 0 Å². The molecular weight excluding hydrogens is 362 g/mol. The summed E-state index contributed by atoms with van der Waals surface area (Å²) in [6.45, 7) is 4.70. The minimum absolute atomic E-state index is 0.146. The van der Waals surface area contributed by atoms with E-state index in [9.17, 15) is 13.2 Å². The van der Waals surface area contributed by atoms with Gasteiger partial charge in [0.1, 0.15) is 0 Å². The van der Waals surface area contributed by atoms with Gasteiger partial charge in [-0.25, -0.2) is 8.42 Å². The minimum Gasteiger partial charge on any atom is -0.379 e. The zero-order valence-corrected chi connectivity index (χ0v) is 15.7. The second-order valence-electron chi connectivity index (χ2n) is 5.59. The number of carbonyl (C=O) groups excluding carboxylic acids is 1. The number of nitrogens with zero attached hydrogens (tertiary/aromatic N) is 3. The molecule has 0 N–H and O–H groups in total. The van der Waals surface area contributed by atoms with Crippen LogP contribution in [0, 0.1) is 0 Å². The van der Waals surface area contributed by atoms with Crippen molar-refractivity contribution >= 4 is 32.9 Å². The Bertz CT molecular complexity index is 756. The fourth-order valence-corrected chi connectivity index (χ4v) is 4.91. The first-order chi connectivity index (χ1) is 12.0. The monoisotopic (exact) mass is 383 g/mol. The summed E-state index contributed by atoms with van der Waals surface area (Å²) in [5, 5.41) is 0.734. The summed E-state index contributed by atoms with van der Waals surface area (Å²) in [6.07, 6.45) is 0. The van der Waals surface area contributed by atoms with Gasteiger partial charge < -0.3 is 4.74 Å². The molecule has 0 unspecified atom stereocenters. The Morgan fingerprint density at radius 1 is 1.20 bits per heavy atom. The average Bonchev–Trinajstić information content (AvgIpc) is 3.10. The summed E-state index contributed by atoms with van der Waals surface area (Å²) in [7, 11) is -3.54. The Morgan fingerprint density at radius 3 is 2.52 bits per heavy atom. The maximum atomic E-state index is 12.7. The first-order valence-electron chi connectivity index (χ1n) is 8.21. The molecule has 2 heterocycles. The molecule has 1 saturated heterocycles. The Hall–Kier alpha value is -1.42. The number of benzene rings is 1. The molecule has 0 radical (unpaired) electrons. The lowest BCUT2D eigenvalue weighted by atomic mass is 10.2. The molecule has 25 heavy (non-hydrogen) atoms. The predicted octanol–water partition coefficient (Wildman–Crippen LogP) is 1.27. The predicted molar refractivity (Wildman–Crippen MR) is 97.5 cm³/mol. The topological polar surface area (TPSA) is 79.3 Å². The molecule has 136 valence electrons. The van der Waals surface area contributed by atoms with Gasteiger partial charge in [-0.3, -0.25) is 14.7 Å². The number of amidine groups is 1. The molecule has 1 fully saturated rings. The van der Waals surface area contributed by atoms with Crippen molar-refractivity contribution in [1.82, 2.24) is 9.21 Å². The van der Waals surface area contributed by atoms with Crippen molar-refractivity contribution in [3.8, 4) is 0 Å². The maximum Gasteiger partial charge on any atom is 0.259 e. The molecule has 0 aromatic heterocycles. The smallest absolute Gasteiger partial charge is 0.259 e. The molecular formula is C16H21N3O4S2. The molecule has 3 rings (SSSR count). The first-order valence-corrected chi connectivity index (χ1v) is 10.6. The van der Waals surface area contributed by atoms with E-state index in [1.54, 1.807) is 17.0 Å². The zero-order valence-electron chi connectivity index (χ0n) is 14.1. The van der Waals surface area contributed by atoms with Gasteiger partial charge in [-0.05, 0) is 30.0 Å². The Balaban J connectivity index is 1.76. The van der Waals surface area contributed by atoms with Gasteiger partial charge in [0.05, 0.1) is 24.7 Å². The maximum absolute atomic E-state index is 12.7. The van der Waals surface area contributed by atoms with Gasteiger partial charge in [-0.2, -0.15) is 4.31 Å². The van der Waals surface area contributed by atoms with E-state index in [-0.39, 0.29) is 10.8 Å². The molecule has 1 aromatic rings. The number of thioether (sulfide) groups is 1. The standard InChI is InChI=1S/C16H21N3O4S2/c1-2-24-16-17-7-8-19(16)15(20)13-3-5-14(6-4-13)25(21,22)18-9-11-23-12-10-18/h3-6H,2,7-12H2,1H3. The number of hydrogen-bond acceptors (Lipinski definition) is 6. The molecule has 0 aliphatic carbocycles. The number of aliphatic imine (C=N–C) groups is 1. The van der Waals surface area contributed by atoms with Crippen LogP contribution in [0.2, 0.25) is 0 Å². The van der Waals surface area contributed by atoms with Crippen LogP contribution >= 0.6 is 11.8 Å². The molecule has 7 nitrogen and oxygen atoms in total. The van der Waals surface area contributed by atoms with E-state index in [0.717, 1.165) is 10.9 Å². The summed E-state index contributed by atoms with van der Waals surface area (Å²) in [5.41, 5.74) is 0.465. The second-order valence-corrected chi connectivity index (χ2v) is 8.76. The molecule has 0 saturated carbocycles. The van der Waals surface area contributed by atoms with Crippen LogP contribution in [0.4, 0.5) is 0 Å². The van der Waals surface area contributed by atoms with Crippen molar-refractivity contribution < 1.29 is 17.9 Å². The fourth-order valence-electron chi connectivity index (χ4n) is 2.73. The van der Waals surface area contributed by atoms with Crippen LogP contribution in [0.3, 0.4) is 0 Å². The molecule has 2 aliphatic heterocycles. The lowest BCUT2D eigenvalue weighted by Crippen LogP contribution is -2.40. The van der Waals surface area contributed by atoms with Crippen molar-refractivity contribution in [3.05, 3.63) is 29.8 Å². The number of rotatable bonds is 4. The summed E-state index contributed by atoms with van der Waals surface area (Å²) in [5.74, 6) is 0.701. The number of sulfonamides is 1. The molecule has 0 spiro atoms. The Labute approximate surface area is 152 Å². The third-order valence-electron chi connectivity index (χ3n) is 4.03. The van der Waals surface area contributed by atoms with Gasteiger partial charge in [0.25, 0.3) is 5.91 Å². The van der Waals surface area contributed by atoms with E-state index in [1.165, 1.54) is 28.2 Å². The highest BCUT2D eigenvalue weighted by Crippen LogP contribution is 2.20. The molecule has 1 amide bonds. The molecule has 1 aromatic carbocycles. The number of ether oxygens (including phenoxy) is 1. The SMILES string of the molecule is CCSC1=NCCN1C(=O)c1ccc(S(=O)(=O)N2CCOCC2)cc1. The lowest BCUT2D eigenvalue weighted by molar-refractivity contribution is 0.0730. The normalized spacial score (nSPS) is 19.1. The number of carbonyl (C=O) groups is 1. The van der Waals surface area contributed by atoms with Crippen LogP contribution in [-0.4, -0.2) is 73.8 Å². The number of amides is 1. The zero-order chi connectivity index (χ0) is 17.9. The van der Waals surface area contributed by atoms with Crippen LogP contribution in [0.25, 0.3) is 0 Å². The second kappa shape index (κ2) is 7.86. The molecule has 9 heteroatoms. The van der Waals surface area contributed by atoms with Crippen LogP contribution in [0.15, 0.2) is 34.2 Å². The lowest BCUT2D eigenvalue weighted by Gasteiger charge is -2.26. The van der Waals surface area contributed by atoms with Gasteiger partial charge in [-0.1, -0.05) is 18.7 Å². The van der Waals surface area contributed by atoms with E-state index < -0.39 is 10.0 Å². The van der Waals surface area contributed by atoms with Crippen molar-refractivity contribution in [2.75, 3.05) is 45.1 Å². The summed E-state index contributed by atoms with van der Waals surface area (Å²) in [6, 6.07) is 6.14. The van der Waals surface area contributed by atoms with Crippen LogP contribution in [0.5, 0.6) is 0 Å². The van der Waals surface area contributed by atoms with Crippen LogP contribution in [0.1, 0.15) is 17.3 Å². The highest BCUT2D eigenvalue weighted by atomic mass is 32.2. The number of hydrogen-bond donors (Lipinski definition) is 0. The van der Waals surface area contributed by atoms with E-state index in [4.69, 9.17) is 4.74 Å². The van der Waals surface area contributed by atoms with Gasteiger partial charge in [0, 0.05) is 25.2 Å². The van der Waals surface area contributed by atoms with Gasteiger partial charge >= 0.3 is 0 Å². The molecule has 0 atom stereocenters. The van der Waals surface area contributed by atoms with Crippen molar-refractivity contribution in [2.45, 2.75) is 11.8 Å². The average molecular weight is 383 g/mol. The summed E-state index contributed by atoms with van der Waals surface area (Å²) in [4.78, 5) is 18.8. The van der Waals surface area contributed by atoms with Gasteiger partial charge in [0.15, 0.2) is 5.17 Å². The van der Waals surface area contributed by atoms with E-state index in [0.29, 0.717) is 45.0 Å². The van der Waals surface area contributed by atoms with Crippen molar-refractivity contribution in [1.29, 1.82) is 0 Å². The van der Waals surface area contributed by atoms with Crippen molar-refractivity contribution in [2.24, 2.45) is 4.99 Å². The van der Waals surface area contributed by atoms with Crippen LogP contribution < -0.4 is 0 Å². The summed E-state index contributed by atoms with van der Waals surface area (Å²) < 4.78 is 31.8.